The minimum Gasteiger partial charge on any atom is -0.491 e. The highest BCUT2D eigenvalue weighted by atomic mass is 16.5. The standard InChI is InChI=1S/C19H28N2O3/c1-14-9-15(19(2,3)4)5-6-18(14)24-13-16(22)11-21-7-8-23-17(10-20)12-21/h5-6,9,16-17,22H,7-8,11-13H2,1-4H3. The molecule has 1 fully saturated rings. The van der Waals surface area contributed by atoms with Gasteiger partial charge in [-0.25, -0.2) is 0 Å². The Morgan fingerprint density at radius 2 is 2.21 bits per heavy atom. The maximum Gasteiger partial charge on any atom is 0.156 e. The van der Waals surface area contributed by atoms with Crippen molar-refractivity contribution in [2.75, 3.05) is 32.8 Å². The first-order chi connectivity index (χ1) is 11.3. The third-order valence-corrected chi connectivity index (χ3v) is 4.24. The molecule has 5 heteroatoms. The Kier molecular flexibility index (Phi) is 6.22. The topological polar surface area (TPSA) is 65.7 Å². The third kappa shape index (κ3) is 5.20. The summed E-state index contributed by atoms with van der Waals surface area (Å²) in [6.07, 6.45) is -0.997. The van der Waals surface area contributed by atoms with Gasteiger partial charge in [0.2, 0.25) is 0 Å². The number of aryl methyl sites for hydroxylation is 1. The highest BCUT2D eigenvalue weighted by molar-refractivity contribution is 5.38. The van der Waals surface area contributed by atoms with Crippen molar-refractivity contribution >= 4 is 0 Å². The van der Waals surface area contributed by atoms with E-state index in [0.29, 0.717) is 19.7 Å². The van der Waals surface area contributed by atoms with Crippen LogP contribution in [0.4, 0.5) is 0 Å². The number of nitriles is 1. The lowest BCUT2D eigenvalue weighted by atomic mass is 9.86. The number of aliphatic hydroxyl groups excluding tert-OH is 1. The van der Waals surface area contributed by atoms with Crippen molar-refractivity contribution in [1.82, 2.24) is 4.90 Å². The van der Waals surface area contributed by atoms with Crippen LogP contribution < -0.4 is 4.74 Å². The van der Waals surface area contributed by atoms with Crippen LogP contribution in [0.1, 0.15) is 31.9 Å². The van der Waals surface area contributed by atoms with Gasteiger partial charge in [0.05, 0.1) is 12.7 Å². The van der Waals surface area contributed by atoms with Crippen LogP contribution >= 0.6 is 0 Å². The van der Waals surface area contributed by atoms with E-state index in [1.165, 1.54) is 5.56 Å². The molecule has 0 aliphatic carbocycles. The molecule has 0 saturated carbocycles. The van der Waals surface area contributed by atoms with Crippen molar-refractivity contribution in [2.24, 2.45) is 0 Å². The van der Waals surface area contributed by atoms with Crippen molar-refractivity contribution in [3.8, 4) is 11.8 Å². The van der Waals surface area contributed by atoms with E-state index in [0.717, 1.165) is 17.9 Å². The van der Waals surface area contributed by atoms with Crippen molar-refractivity contribution in [2.45, 2.75) is 45.3 Å². The molecule has 2 unspecified atom stereocenters. The van der Waals surface area contributed by atoms with Crippen molar-refractivity contribution < 1.29 is 14.6 Å². The lowest BCUT2D eigenvalue weighted by Gasteiger charge is -2.31. The summed E-state index contributed by atoms with van der Waals surface area (Å²) in [5.41, 5.74) is 2.45. The number of ether oxygens (including phenoxy) is 2. The molecule has 0 aromatic heterocycles. The van der Waals surface area contributed by atoms with E-state index < -0.39 is 12.2 Å². The van der Waals surface area contributed by atoms with Gasteiger partial charge in [0.25, 0.3) is 0 Å². The van der Waals surface area contributed by atoms with E-state index in [1.54, 1.807) is 0 Å². The summed E-state index contributed by atoms with van der Waals surface area (Å²) >= 11 is 0. The first-order valence-electron chi connectivity index (χ1n) is 8.45. The highest BCUT2D eigenvalue weighted by Crippen LogP contribution is 2.27. The van der Waals surface area contributed by atoms with Crippen molar-refractivity contribution in [3.63, 3.8) is 0 Å². The smallest absolute Gasteiger partial charge is 0.156 e. The van der Waals surface area contributed by atoms with Crippen molar-refractivity contribution in [3.05, 3.63) is 29.3 Å². The maximum absolute atomic E-state index is 10.2. The van der Waals surface area contributed by atoms with Gasteiger partial charge in [-0.2, -0.15) is 5.26 Å². The summed E-state index contributed by atoms with van der Waals surface area (Å²) in [5, 5.41) is 19.1. The molecule has 2 rings (SSSR count). The predicted octanol–water partition coefficient (Wildman–Crippen LogP) is 2.26. The monoisotopic (exact) mass is 332 g/mol. The fourth-order valence-electron chi connectivity index (χ4n) is 2.76. The number of hydrogen-bond donors (Lipinski definition) is 1. The zero-order chi connectivity index (χ0) is 17.7. The van der Waals surface area contributed by atoms with Gasteiger partial charge in [-0.1, -0.05) is 32.9 Å². The SMILES string of the molecule is Cc1cc(C(C)(C)C)ccc1OCC(O)CN1CCOC(C#N)C1. The van der Waals surface area contributed by atoms with Gasteiger partial charge < -0.3 is 14.6 Å². The van der Waals surface area contributed by atoms with E-state index in [1.807, 2.05) is 17.9 Å². The van der Waals surface area contributed by atoms with Crippen LogP contribution in [0.2, 0.25) is 0 Å². The average molecular weight is 332 g/mol. The molecule has 0 spiro atoms. The van der Waals surface area contributed by atoms with E-state index >= 15 is 0 Å². The molecule has 1 aliphatic rings. The number of hydrogen-bond acceptors (Lipinski definition) is 5. The lowest BCUT2D eigenvalue weighted by molar-refractivity contribution is -0.0215. The molecule has 0 radical (unpaired) electrons. The summed E-state index contributed by atoms with van der Waals surface area (Å²) < 4.78 is 11.1. The number of rotatable bonds is 5. The molecular formula is C19H28N2O3. The zero-order valence-electron chi connectivity index (χ0n) is 15.1. The lowest BCUT2D eigenvalue weighted by Crippen LogP contribution is -2.46. The molecule has 1 saturated heterocycles. The van der Waals surface area contributed by atoms with Gasteiger partial charge in [-0.3, -0.25) is 4.90 Å². The Balaban J connectivity index is 1.85. The van der Waals surface area contributed by atoms with Gasteiger partial charge >= 0.3 is 0 Å². The van der Waals surface area contributed by atoms with Gasteiger partial charge in [0.15, 0.2) is 6.10 Å². The molecular weight excluding hydrogens is 304 g/mol. The minimum atomic E-state index is -0.593. The molecule has 5 nitrogen and oxygen atoms in total. The summed E-state index contributed by atoms with van der Waals surface area (Å²) in [5.74, 6) is 0.805. The molecule has 1 N–H and O–H groups in total. The van der Waals surface area contributed by atoms with E-state index in [2.05, 4.69) is 39.0 Å². The van der Waals surface area contributed by atoms with Gasteiger partial charge in [-0.05, 0) is 29.5 Å². The number of aliphatic hydroxyl groups is 1. The normalized spacial score (nSPS) is 20.4. The van der Waals surface area contributed by atoms with Crippen LogP contribution in [-0.2, 0) is 10.2 Å². The fraction of sp³-hybridized carbons (Fsp3) is 0.632. The summed E-state index contributed by atoms with van der Waals surface area (Å²) in [6.45, 7) is 11.1. The molecule has 1 heterocycles. The Labute approximate surface area is 144 Å². The largest absolute Gasteiger partial charge is 0.491 e. The summed E-state index contributed by atoms with van der Waals surface area (Å²) in [6, 6.07) is 8.31. The second-order valence-electron chi connectivity index (χ2n) is 7.44. The Bertz CT molecular complexity index is 589. The van der Waals surface area contributed by atoms with Crippen LogP contribution in [0, 0.1) is 18.3 Å². The van der Waals surface area contributed by atoms with Crippen LogP contribution in [0.5, 0.6) is 5.75 Å². The molecule has 2 atom stereocenters. The molecule has 1 aromatic carbocycles. The van der Waals surface area contributed by atoms with Crippen LogP contribution in [0.15, 0.2) is 18.2 Å². The van der Waals surface area contributed by atoms with Crippen molar-refractivity contribution in [1.29, 1.82) is 5.26 Å². The van der Waals surface area contributed by atoms with E-state index in [4.69, 9.17) is 14.7 Å². The molecule has 132 valence electrons. The van der Waals surface area contributed by atoms with Crippen LogP contribution in [0.25, 0.3) is 0 Å². The second-order valence-corrected chi connectivity index (χ2v) is 7.44. The Morgan fingerprint density at radius 3 is 2.83 bits per heavy atom. The molecule has 0 bridgehead atoms. The minimum absolute atomic E-state index is 0.108. The highest BCUT2D eigenvalue weighted by Gasteiger charge is 2.22. The van der Waals surface area contributed by atoms with Gasteiger partial charge in [0, 0.05) is 19.6 Å². The molecule has 24 heavy (non-hydrogen) atoms. The Morgan fingerprint density at radius 1 is 1.46 bits per heavy atom. The Hall–Kier alpha value is -1.61. The summed E-state index contributed by atoms with van der Waals surface area (Å²) in [4.78, 5) is 2.04. The maximum atomic E-state index is 10.2. The first kappa shape index (κ1) is 18.7. The van der Waals surface area contributed by atoms with Gasteiger partial charge in [-0.15, -0.1) is 0 Å². The second kappa shape index (κ2) is 7.98. The summed E-state index contributed by atoms with van der Waals surface area (Å²) in [7, 11) is 0. The number of nitrogens with zero attached hydrogens (tertiary/aromatic N) is 2. The number of morpholine rings is 1. The van der Waals surface area contributed by atoms with Gasteiger partial charge in [0.1, 0.15) is 18.5 Å². The predicted molar refractivity (Wildman–Crippen MR) is 93.2 cm³/mol. The van der Waals surface area contributed by atoms with Crippen LogP contribution in [-0.4, -0.2) is 55.1 Å². The third-order valence-electron chi connectivity index (χ3n) is 4.24. The first-order valence-corrected chi connectivity index (χ1v) is 8.45. The van der Waals surface area contributed by atoms with E-state index in [9.17, 15) is 5.11 Å². The average Bonchev–Trinajstić information content (AvgIpc) is 2.53. The molecule has 0 amide bonds. The zero-order valence-corrected chi connectivity index (χ0v) is 15.1. The fourth-order valence-corrected chi connectivity index (χ4v) is 2.76. The number of β-amino-alcohol motifs (C(OH)–C–C–N with tert-alkyl or cyclic N) is 1. The number of benzene rings is 1. The quantitative estimate of drug-likeness (QED) is 0.896. The molecule has 1 aliphatic heterocycles. The van der Waals surface area contributed by atoms with E-state index in [-0.39, 0.29) is 12.0 Å². The molecule has 1 aromatic rings. The van der Waals surface area contributed by atoms with Crippen LogP contribution in [0.3, 0.4) is 0 Å².